The fourth-order valence-electron chi connectivity index (χ4n) is 1.79. The molecule has 0 radical (unpaired) electrons. The van der Waals surface area contributed by atoms with Crippen molar-refractivity contribution in [2.45, 2.75) is 44.3 Å². The number of unbranched alkanes of at least 4 members (excludes halogenated alkanes) is 3. The van der Waals surface area contributed by atoms with E-state index in [1.165, 1.54) is 0 Å². The fraction of sp³-hybridized carbons (Fsp3) is 1.00. The van der Waals surface area contributed by atoms with Crippen molar-refractivity contribution in [2.75, 3.05) is 18.1 Å². The molecule has 1 heterocycles. The van der Waals surface area contributed by atoms with Crippen molar-refractivity contribution >= 4 is 20.0 Å². The quantitative estimate of drug-likeness (QED) is 0.517. The summed E-state index contributed by atoms with van der Waals surface area (Å²) >= 11 is 0. The van der Waals surface area contributed by atoms with E-state index in [1.54, 1.807) is 0 Å². The second-order valence-corrected chi connectivity index (χ2v) is 8.52. The lowest BCUT2D eigenvalue weighted by atomic mass is 10.2. The third-order valence-electron chi connectivity index (χ3n) is 2.84. The minimum absolute atomic E-state index is 0.0455. The van der Waals surface area contributed by atoms with Gasteiger partial charge in [0.05, 0.1) is 18.1 Å². The van der Waals surface area contributed by atoms with Crippen LogP contribution in [0.2, 0.25) is 0 Å². The molecule has 1 aliphatic heterocycles. The number of hydrogen-bond donors (Lipinski definition) is 0. The molecule has 1 aliphatic rings. The van der Waals surface area contributed by atoms with E-state index in [4.69, 9.17) is 4.18 Å². The summed E-state index contributed by atoms with van der Waals surface area (Å²) in [5.74, 6) is -0.333. The van der Waals surface area contributed by atoms with Crippen LogP contribution in [0.15, 0.2) is 0 Å². The maximum Gasteiger partial charge on any atom is 0.271 e. The first-order valence-corrected chi connectivity index (χ1v) is 9.25. The second kappa shape index (κ2) is 6.15. The molecule has 0 aromatic carbocycles. The summed E-state index contributed by atoms with van der Waals surface area (Å²) in [6.07, 6.45) is 3.94. The molecule has 1 rings (SSSR count). The fourth-order valence-corrected chi connectivity index (χ4v) is 5.72. The van der Waals surface area contributed by atoms with Crippen LogP contribution in [-0.2, 0) is 24.1 Å². The summed E-state index contributed by atoms with van der Waals surface area (Å²) in [5, 5.41) is -0.862. The lowest BCUT2D eigenvalue weighted by Gasteiger charge is -2.09. The van der Waals surface area contributed by atoms with Crippen LogP contribution in [-0.4, -0.2) is 40.2 Å². The Hall–Kier alpha value is -0.140. The molecule has 0 aromatic heterocycles. The maximum atomic E-state index is 11.7. The first-order valence-electron chi connectivity index (χ1n) is 5.96. The Balaban J connectivity index is 2.37. The first kappa shape index (κ1) is 14.9. The lowest BCUT2D eigenvalue weighted by molar-refractivity contribution is 0.302. The largest absolute Gasteiger partial charge is 0.271 e. The van der Waals surface area contributed by atoms with Gasteiger partial charge in [0.25, 0.3) is 10.1 Å². The molecule has 0 aliphatic carbocycles. The zero-order valence-electron chi connectivity index (χ0n) is 10.1. The van der Waals surface area contributed by atoms with Gasteiger partial charge in [-0.2, -0.15) is 8.42 Å². The molecule has 0 aromatic rings. The number of sulfone groups is 1. The van der Waals surface area contributed by atoms with E-state index in [2.05, 4.69) is 6.92 Å². The van der Waals surface area contributed by atoms with Gasteiger partial charge in [-0.15, -0.1) is 0 Å². The lowest BCUT2D eigenvalue weighted by Crippen LogP contribution is -2.25. The standard InChI is InChI=1S/C10H20O5S2/c1-2-3-4-5-7-15-17(13,14)10-6-8-16(11,12)9-10/h10H,2-9H2,1H3. The predicted octanol–water partition coefficient (Wildman–Crippen LogP) is 1.10. The molecule has 1 fully saturated rings. The van der Waals surface area contributed by atoms with Crippen LogP contribution in [0.25, 0.3) is 0 Å². The van der Waals surface area contributed by atoms with Crippen molar-refractivity contribution in [2.24, 2.45) is 0 Å². The predicted molar refractivity (Wildman–Crippen MR) is 66.1 cm³/mol. The molecule has 1 saturated heterocycles. The maximum absolute atomic E-state index is 11.7. The van der Waals surface area contributed by atoms with Crippen LogP contribution in [0, 0.1) is 0 Å². The number of rotatable bonds is 7. The molecule has 1 unspecified atom stereocenters. The zero-order valence-corrected chi connectivity index (χ0v) is 11.7. The van der Waals surface area contributed by atoms with Gasteiger partial charge >= 0.3 is 0 Å². The minimum Gasteiger partial charge on any atom is -0.270 e. The van der Waals surface area contributed by atoms with Crippen molar-refractivity contribution in [1.29, 1.82) is 0 Å². The average molecular weight is 284 g/mol. The Morgan fingerprint density at radius 3 is 2.47 bits per heavy atom. The van der Waals surface area contributed by atoms with E-state index in [0.29, 0.717) is 6.42 Å². The van der Waals surface area contributed by atoms with Crippen LogP contribution in [0.1, 0.15) is 39.0 Å². The van der Waals surface area contributed by atoms with Crippen LogP contribution < -0.4 is 0 Å². The Kier molecular flexibility index (Phi) is 5.40. The van der Waals surface area contributed by atoms with Crippen LogP contribution >= 0.6 is 0 Å². The summed E-state index contributed by atoms with van der Waals surface area (Å²) in [6, 6.07) is 0. The van der Waals surface area contributed by atoms with E-state index < -0.39 is 25.2 Å². The van der Waals surface area contributed by atoms with E-state index in [1.807, 2.05) is 0 Å². The summed E-state index contributed by atoms with van der Waals surface area (Å²) in [7, 11) is -6.87. The Bertz CT molecular complexity index is 424. The highest BCUT2D eigenvalue weighted by Gasteiger charge is 2.37. The zero-order chi connectivity index (χ0) is 12.9. The molecule has 0 bridgehead atoms. The Morgan fingerprint density at radius 2 is 1.94 bits per heavy atom. The van der Waals surface area contributed by atoms with E-state index in [9.17, 15) is 16.8 Å². The molecule has 102 valence electrons. The Morgan fingerprint density at radius 1 is 1.24 bits per heavy atom. The molecule has 17 heavy (non-hydrogen) atoms. The van der Waals surface area contributed by atoms with E-state index in [-0.39, 0.29) is 24.5 Å². The molecular weight excluding hydrogens is 264 g/mol. The van der Waals surface area contributed by atoms with Gasteiger partial charge in [0.2, 0.25) is 0 Å². The summed E-state index contributed by atoms with van der Waals surface area (Å²) in [6.45, 7) is 2.24. The first-order chi connectivity index (χ1) is 7.87. The SMILES string of the molecule is CCCCCCOS(=O)(=O)C1CCS(=O)(=O)C1. The van der Waals surface area contributed by atoms with Gasteiger partial charge in [0, 0.05) is 0 Å². The second-order valence-electron chi connectivity index (χ2n) is 4.40. The van der Waals surface area contributed by atoms with Gasteiger partial charge in [0.15, 0.2) is 9.84 Å². The summed E-state index contributed by atoms with van der Waals surface area (Å²) < 4.78 is 50.6. The van der Waals surface area contributed by atoms with Gasteiger partial charge in [-0.05, 0) is 12.8 Å². The highest BCUT2D eigenvalue weighted by molar-refractivity contribution is 7.94. The molecule has 0 spiro atoms. The van der Waals surface area contributed by atoms with Gasteiger partial charge in [-0.25, -0.2) is 8.42 Å². The third kappa shape index (κ3) is 4.93. The van der Waals surface area contributed by atoms with Gasteiger partial charge in [0.1, 0.15) is 5.25 Å². The molecule has 5 nitrogen and oxygen atoms in total. The number of hydrogen-bond acceptors (Lipinski definition) is 5. The van der Waals surface area contributed by atoms with Gasteiger partial charge in [-0.1, -0.05) is 26.2 Å². The normalized spacial score (nSPS) is 23.9. The highest BCUT2D eigenvalue weighted by Crippen LogP contribution is 2.20. The van der Waals surface area contributed by atoms with E-state index in [0.717, 1.165) is 19.3 Å². The van der Waals surface area contributed by atoms with Crippen LogP contribution in [0.5, 0.6) is 0 Å². The topological polar surface area (TPSA) is 77.5 Å². The smallest absolute Gasteiger partial charge is 0.270 e. The van der Waals surface area contributed by atoms with Crippen molar-refractivity contribution < 1.29 is 21.0 Å². The van der Waals surface area contributed by atoms with Crippen LogP contribution in [0.4, 0.5) is 0 Å². The molecule has 0 N–H and O–H groups in total. The molecule has 0 amide bonds. The summed E-state index contributed by atoms with van der Waals surface area (Å²) in [5.41, 5.74) is 0. The van der Waals surface area contributed by atoms with E-state index >= 15 is 0 Å². The summed E-state index contributed by atoms with van der Waals surface area (Å²) in [4.78, 5) is 0. The van der Waals surface area contributed by atoms with Crippen LogP contribution in [0.3, 0.4) is 0 Å². The highest BCUT2D eigenvalue weighted by atomic mass is 32.2. The average Bonchev–Trinajstić information content (AvgIpc) is 2.59. The van der Waals surface area contributed by atoms with Crippen molar-refractivity contribution in [3.8, 4) is 0 Å². The molecule has 1 atom stereocenters. The van der Waals surface area contributed by atoms with Gasteiger partial charge < -0.3 is 0 Å². The monoisotopic (exact) mass is 284 g/mol. The van der Waals surface area contributed by atoms with Crippen molar-refractivity contribution in [1.82, 2.24) is 0 Å². The van der Waals surface area contributed by atoms with Crippen molar-refractivity contribution in [3.63, 3.8) is 0 Å². The Labute approximate surface area is 104 Å². The minimum atomic E-state index is -3.70. The van der Waals surface area contributed by atoms with Crippen molar-refractivity contribution in [3.05, 3.63) is 0 Å². The van der Waals surface area contributed by atoms with Gasteiger partial charge in [-0.3, -0.25) is 4.18 Å². The third-order valence-corrected chi connectivity index (χ3v) is 6.54. The molecular formula is C10H20O5S2. The molecule has 0 saturated carbocycles. The molecule has 7 heteroatoms.